The van der Waals surface area contributed by atoms with E-state index in [1.807, 2.05) is 0 Å². The zero-order chi connectivity index (χ0) is 17.6. The highest BCUT2D eigenvalue weighted by Crippen LogP contribution is 2.34. The summed E-state index contributed by atoms with van der Waals surface area (Å²) in [6, 6.07) is 17.2. The van der Waals surface area contributed by atoms with E-state index < -0.39 is 0 Å². The van der Waals surface area contributed by atoms with Crippen LogP contribution in [0.1, 0.15) is 33.3 Å². The van der Waals surface area contributed by atoms with Crippen molar-refractivity contribution in [3.63, 3.8) is 0 Å². The Balaban J connectivity index is 1.99. The molecule has 0 unspecified atom stereocenters. The number of para-hydroxylation sites is 1. The Morgan fingerprint density at radius 1 is 0.920 bits per heavy atom. The van der Waals surface area contributed by atoms with E-state index in [1.54, 1.807) is 6.33 Å². The standard InChI is InChI=1S/C22H23N3/c1-5-25-18-9-7-6-8-17(18)20-21(25)19(23-14-24-20)15-10-12-16(13-11-15)22(2,3)4/h6-14H,5H2,1-4H3. The molecule has 0 spiro atoms. The van der Waals surface area contributed by atoms with E-state index in [0.29, 0.717) is 0 Å². The minimum atomic E-state index is 0.151. The van der Waals surface area contributed by atoms with Gasteiger partial charge in [-0.05, 0) is 24.0 Å². The van der Waals surface area contributed by atoms with Crippen LogP contribution in [0.15, 0.2) is 54.9 Å². The first-order valence-corrected chi connectivity index (χ1v) is 8.83. The fraction of sp³-hybridized carbons (Fsp3) is 0.273. The molecule has 0 saturated carbocycles. The van der Waals surface area contributed by atoms with Crippen LogP contribution in [0.4, 0.5) is 0 Å². The lowest BCUT2D eigenvalue weighted by molar-refractivity contribution is 0.590. The average molecular weight is 329 g/mol. The largest absolute Gasteiger partial charge is 0.338 e. The second-order valence-corrected chi connectivity index (χ2v) is 7.51. The number of nitrogens with zero attached hydrogens (tertiary/aromatic N) is 3. The predicted molar refractivity (Wildman–Crippen MR) is 105 cm³/mol. The molecule has 25 heavy (non-hydrogen) atoms. The lowest BCUT2D eigenvalue weighted by Crippen LogP contribution is -2.10. The molecule has 0 saturated heterocycles. The molecule has 0 radical (unpaired) electrons. The lowest BCUT2D eigenvalue weighted by atomic mass is 9.86. The van der Waals surface area contributed by atoms with Gasteiger partial charge in [0.1, 0.15) is 11.8 Å². The Bertz CT molecular complexity index is 1050. The van der Waals surface area contributed by atoms with Gasteiger partial charge in [0.15, 0.2) is 0 Å². The maximum absolute atomic E-state index is 4.64. The fourth-order valence-corrected chi connectivity index (χ4v) is 3.53. The molecule has 4 rings (SSSR count). The second-order valence-electron chi connectivity index (χ2n) is 7.51. The van der Waals surface area contributed by atoms with Crippen molar-refractivity contribution in [2.45, 2.75) is 39.7 Å². The van der Waals surface area contributed by atoms with Crippen molar-refractivity contribution < 1.29 is 0 Å². The van der Waals surface area contributed by atoms with E-state index in [9.17, 15) is 0 Å². The maximum Gasteiger partial charge on any atom is 0.116 e. The normalized spacial score (nSPS) is 12.2. The molecular weight excluding hydrogens is 306 g/mol. The first-order chi connectivity index (χ1) is 12.0. The molecule has 0 aliphatic carbocycles. The van der Waals surface area contributed by atoms with Crippen LogP contribution < -0.4 is 0 Å². The van der Waals surface area contributed by atoms with Gasteiger partial charge in [0.05, 0.1) is 16.7 Å². The summed E-state index contributed by atoms with van der Waals surface area (Å²) in [5.41, 5.74) is 6.99. The summed E-state index contributed by atoms with van der Waals surface area (Å²) in [6.07, 6.45) is 1.68. The maximum atomic E-state index is 4.64. The highest BCUT2D eigenvalue weighted by Gasteiger charge is 2.17. The minimum Gasteiger partial charge on any atom is -0.338 e. The molecule has 3 heteroatoms. The van der Waals surface area contributed by atoms with Gasteiger partial charge in [-0.2, -0.15) is 0 Å². The number of hydrogen-bond donors (Lipinski definition) is 0. The van der Waals surface area contributed by atoms with Crippen LogP contribution in [-0.4, -0.2) is 14.5 Å². The van der Waals surface area contributed by atoms with Crippen LogP contribution >= 0.6 is 0 Å². The Hall–Kier alpha value is -2.68. The third-order valence-electron chi connectivity index (χ3n) is 4.88. The van der Waals surface area contributed by atoms with Crippen LogP contribution in [0.5, 0.6) is 0 Å². The third kappa shape index (κ3) is 2.51. The Morgan fingerprint density at radius 2 is 1.64 bits per heavy atom. The van der Waals surface area contributed by atoms with Gasteiger partial charge in [0.25, 0.3) is 0 Å². The van der Waals surface area contributed by atoms with E-state index in [0.717, 1.165) is 28.8 Å². The summed E-state index contributed by atoms with van der Waals surface area (Å²) < 4.78 is 2.32. The van der Waals surface area contributed by atoms with Crippen molar-refractivity contribution in [3.8, 4) is 11.3 Å². The molecule has 2 aromatic heterocycles. The quantitative estimate of drug-likeness (QED) is 0.481. The van der Waals surface area contributed by atoms with Crippen LogP contribution in [0.2, 0.25) is 0 Å². The van der Waals surface area contributed by atoms with Gasteiger partial charge in [-0.3, -0.25) is 0 Å². The molecule has 2 aromatic carbocycles. The first-order valence-electron chi connectivity index (χ1n) is 8.83. The summed E-state index contributed by atoms with van der Waals surface area (Å²) in [7, 11) is 0. The molecule has 2 heterocycles. The summed E-state index contributed by atoms with van der Waals surface area (Å²) in [5.74, 6) is 0. The molecule has 3 nitrogen and oxygen atoms in total. The van der Waals surface area contributed by atoms with Gasteiger partial charge in [-0.1, -0.05) is 63.2 Å². The molecule has 0 bridgehead atoms. The van der Waals surface area contributed by atoms with E-state index in [4.69, 9.17) is 0 Å². The van der Waals surface area contributed by atoms with E-state index in [2.05, 4.69) is 90.8 Å². The molecule has 0 fully saturated rings. The Kier molecular flexibility index (Phi) is 3.60. The molecular formula is C22H23N3. The van der Waals surface area contributed by atoms with Crippen LogP contribution in [-0.2, 0) is 12.0 Å². The van der Waals surface area contributed by atoms with Crippen molar-refractivity contribution in [3.05, 3.63) is 60.4 Å². The smallest absolute Gasteiger partial charge is 0.116 e. The average Bonchev–Trinajstić information content (AvgIpc) is 2.95. The monoisotopic (exact) mass is 329 g/mol. The molecule has 0 amide bonds. The van der Waals surface area contributed by atoms with Gasteiger partial charge in [0, 0.05) is 17.5 Å². The molecule has 0 atom stereocenters. The molecule has 0 N–H and O–H groups in total. The molecule has 0 aliphatic heterocycles. The Morgan fingerprint density at radius 3 is 2.32 bits per heavy atom. The highest BCUT2D eigenvalue weighted by atomic mass is 15.0. The van der Waals surface area contributed by atoms with Gasteiger partial charge >= 0.3 is 0 Å². The van der Waals surface area contributed by atoms with E-state index in [-0.39, 0.29) is 5.41 Å². The zero-order valence-corrected chi connectivity index (χ0v) is 15.2. The SMILES string of the molecule is CCn1c2ccccc2c2ncnc(-c3ccc(C(C)(C)C)cc3)c21. The van der Waals surface area contributed by atoms with Crippen molar-refractivity contribution in [1.29, 1.82) is 0 Å². The number of benzene rings is 2. The molecule has 4 aromatic rings. The fourth-order valence-electron chi connectivity index (χ4n) is 3.53. The highest BCUT2D eigenvalue weighted by molar-refractivity contribution is 6.09. The van der Waals surface area contributed by atoms with Crippen LogP contribution in [0.25, 0.3) is 33.2 Å². The summed E-state index contributed by atoms with van der Waals surface area (Å²) >= 11 is 0. The summed E-state index contributed by atoms with van der Waals surface area (Å²) in [5, 5.41) is 1.19. The second kappa shape index (κ2) is 5.69. The third-order valence-corrected chi connectivity index (χ3v) is 4.88. The number of hydrogen-bond acceptors (Lipinski definition) is 2. The lowest BCUT2D eigenvalue weighted by Gasteiger charge is -2.19. The van der Waals surface area contributed by atoms with Crippen molar-refractivity contribution in [2.75, 3.05) is 0 Å². The summed E-state index contributed by atoms with van der Waals surface area (Å²) in [4.78, 5) is 9.23. The van der Waals surface area contributed by atoms with Gasteiger partial charge < -0.3 is 4.57 Å². The van der Waals surface area contributed by atoms with Gasteiger partial charge in [0.2, 0.25) is 0 Å². The first kappa shape index (κ1) is 15.8. The predicted octanol–water partition coefficient (Wildman–Crippen LogP) is 5.57. The van der Waals surface area contributed by atoms with Crippen molar-refractivity contribution in [1.82, 2.24) is 14.5 Å². The van der Waals surface area contributed by atoms with Crippen LogP contribution in [0.3, 0.4) is 0 Å². The van der Waals surface area contributed by atoms with Gasteiger partial charge in [-0.25, -0.2) is 9.97 Å². The number of aryl methyl sites for hydroxylation is 1. The zero-order valence-electron chi connectivity index (χ0n) is 15.2. The molecule has 126 valence electrons. The number of rotatable bonds is 2. The van der Waals surface area contributed by atoms with Crippen molar-refractivity contribution >= 4 is 21.9 Å². The Labute approximate surface area is 148 Å². The number of aromatic nitrogens is 3. The summed E-state index contributed by atoms with van der Waals surface area (Å²) in [6.45, 7) is 9.77. The van der Waals surface area contributed by atoms with Crippen molar-refractivity contribution in [2.24, 2.45) is 0 Å². The van der Waals surface area contributed by atoms with Gasteiger partial charge in [-0.15, -0.1) is 0 Å². The minimum absolute atomic E-state index is 0.151. The topological polar surface area (TPSA) is 30.7 Å². The van der Waals surface area contributed by atoms with Crippen LogP contribution in [0, 0.1) is 0 Å². The molecule has 0 aliphatic rings. The van der Waals surface area contributed by atoms with E-state index in [1.165, 1.54) is 16.5 Å². The number of fused-ring (bicyclic) bond motifs is 3. The van der Waals surface area contributed by atoms with E-state index >= 15 is 0 Å².